The Bertz CT molecular complexity index is 1600. The number of ether oxygens (including phenoxy) is 1. The van der Waals surface area contributed by atoms with Crippen molar-refractivity contribution in [3.8, 4) is 0 Å². The van der Waals surface area contributed by atoms with E-state index in [9.17, 15) is 19.7 Å². The monoisotopic (exact) mass is 527 g/mol. The largest absolute Gasteiger partial charge is 0.394 e. The first-order valence-corrected chi connectivity index (χ1v) is 12.2. The Balaban J connectivity index is 1.50. The molecule has 2 heterocycles. The molecule has 2 aromatic heterocycles. The van der Waals surface area contributed by atoms with Crippen LogP contribution in [-0.4, -0.2) is 83.5 Å². The molecule has 36 heavy (non-hydrogen) atoms. The van der Waals surface area contributed by atoms with Crippen LogP contribution in [0.4, 0.5) is 10.2 Å². The lowest BCUT2D eigenvalue weighted by Gasteiger charge is -2.17. The third-order valence-electron chi connectivity index (χ3n) is 6.22. The maximum Gasteiger partial charge on any atom is 0.191 e. The lowest BCUT2D eigenvalue weighted by molar-refractivity contribution is -0.0629. The van der Waals surface area contributed by atoms with Crippen molar-refractivity contribution in [2.24, 2.45) is 0 Å². The highest BCUT2D eigenvalue weighted by molar-refractivity contribution is 7.99. The first-order valence-electron chi connectivity index (χ1n) is 15.9. The van der Waals surface area contributed by atoms with Crippen molar-refractivity contribution in [1.29, 1.82) is 0 Å². The molecule has 1 aromatic carbocycles. The number of aromatic nitrogens is 5. The van der Waals surface area contributed by atoms with Crippen LogP contribution < -0.4 is 5.32 Å². The van der Waals surface area contributed by atoms with Gasteiger partial charge in [-0.25, -0.2) is 19.0 Å². The van der Waals surface area contributed by atoms with Crippen molar-refractivity contribution in [2.75, 3.05) is 24.1 Å². The van der Waals surface area contributed by atoms with Gasteiger partial charge in [0.25, 0.3) is 0 Å². The molecule has 6 atom stereocenters. The van der Waals surface area contributed by atoms with Gasteiger partial charge in [0, 0.05) is 26.8 Å². The lowest BCUT2D eigenvalue weighted by Crippen LogP contribution is -2.33. The molecular formula is C24H31FN6O4S. The van der Waals surface area contributed by atoms with Crippen molar-refractivity contribution in [3.63, 3.8) is 0 Å². The highest BCUT2D eigenvalue weighted by atomic mass is 32.2. The Morgan fingerprint density at radius 2 is 2.14 bits per heavy atom. The molecule has 0 aliphatic heterocycles. The Hall–Kier alpha value is -2.38. The predicted molar refractivity (Wildman–Crippen MR) is 133 cm³/mol. The summed E-state index contributed by atoms with van der Waals surface area (Å²) in [4.78, 5) is 8.83. The number of rotatable bonds is 10. The molecule has 2 aliphatic rings. The van der Waals surface area contributed by atoms with E-state index in [4.69, 9.17) is 17.1 Å². The molecule has 0 amide bonds. The molecule has 10 nitrogen and oxygen atoms in total. The normalized spacial score (nSPS) is 32.4. The van der Waals surface area contributed by atoms with Gasteiger partial charge in [0.15, 0.2) is 22.1 Å². The molecule has 0 saturated heterocycles. The van der Waals surface area contributed by atoms with Crippen molar-refractivity contribution in [2.45, 2.75) is 74.6 Å². The van der Waals surface area contributed by atoms with E-state index in [-0.39, 0.29) is 58.2 Å². The maximum atomic E-state index is 14.6. The summed E-state index contributed by atoms with van der Waals surface area (Å²) in [5.41, 5.74) is -1.71. The molecule has 12 heteroatoms. The minimum atomic E-state index is -3.41. The fourth-order valence-electron chi connectivity index (χ4n) is 4.24. The molecule has 1 unspecified atom stereocenters. The number of hydrogen-bond acceptors (Lipinski definition) is 10. The van der Waals surface area contributed by atoms with E-state index in [1.165, 1.54) is 6.92 Å². The van der Waals surface area contributed by atoms with Crippen LogP contribution in [0, 0.1) is 12.7 Å². The summed E-state index contributed by atoms with van der Waals surface area (Å²) in [6, 6.07) is -2.59. The molecule has 0 radical (unpaired) electrons. The summed E-state index contributed by atoms with van der Waals surface area (Å²) in [7, 11) is 0. The van der Waals surface area contributed by atoms with Gasteiger partial charge in [0.2, 0.25) is 0 Å². The van der Waals surface area contributed by atoms with E-state index >= 15 is 0 Å². The second kappa shape index (κ2) is 10.5. The third-order valence-corrected chi connectivity index (χ3v) is 7.02. The van der Waals surface area contributed by atoms with Gasteiger partial charge in [-0.3, -0.25) is 0 Å². The zero-order valence-corrected chi connectivity index (χ0v) is 20.2. The first kappa shape index (κ1) is 16.5. The highest BCUT2D eigenvalue weighted by Crippen LogP contribution is 2.44. The minimum absolute atomic E-state index is 0.00804. The first-order chi connectivity index (χ1) is 20.8. The van der Waals surface area contributed by atoms with Crippen LogP contribution in [0.1, 0.15) is 61.6 Å². The SMILES string of the molecule is [2H]c1c([2H])c([C@@H]2CC2Nc2nc(SC([2H])([2H])CC)nc3c2nnn3[C@@H]2C[C@H](OC([2H])([2H])C([2H])([2H])O)[C@@H](O)[C@H]2O)c([2H])c(F)c1C. The van der Waals surface area contributed by atoms with Gasteiger partial charge >= 0.3 is 0 Å². The fraction of sp³-hybridized carbons (Fsp3) is 0.583. The van der Waals surface area contributed by atoms with Crippen molar-refractivity contribution in [1.82, 2.24) is 25.0 Å². The smallest absolute Gasteiger partial charge is 0.191 e. The van der Waals surface area contributed by atoms with Crippen LogP contribution in [0.3, 0.4) is 0 Å². The van der Waals surface area contributed by atoms with Gasteiger partial charge in [0.05, 0.1) is 34.9 Å². The van der Waals surface area contributed by atoms with Crippen LogP contribution in [-0.2, 0) is 4.74 Å². The molecule has 2 saturated carbocycles. The third kappa shape index (κ3) is 4.92. The minimum Gasteiger partial charge on any atom is -0.394 e. The Morgan fingerprint density at radius 1 is 1.31 bits per heavy atom. The Kier molecular flexibility index (Phi) is 4.82. The molecule has 4 N–H and O–H groups in total. The zero-order chi connectivity index (χ0) is 33.4. The molecule has 5 rings (SSSR count). The number of nitrogens with one attached hydrogen (secondary N) is 1. The van der Waals surface area contributed by atoms with Gasteiger partial charge in [-0.1, -0.05) is 36.0 Å². The van der Waals surface area contributed by atoms with Crippen molar-refractivity contribution in [3.05, 3.63) is 35.1 Å². The Labute approximate surface area is 224 Å². The highest BCUT2D eigenvalue weighted by Gasteiger charge is 2.45. The fourth-order valence-corrected chi connectivity index (χ4v) is 4.78. The van der Waals surface area contributed by atoms with E-state index in [0.29, 0.717) is 18.2 Å². The quantitative estimate of drug-likeness (QED) is 0.229. The number of fused-ring (bicyclic) bond motifs is 1. The average molecular weight is 528 g/mol. The van der Waals surface area contributed by atoms with Crippen LogP contribution in [0.25, 0.3) is 11.2 Å². The second-order valence-corrected chi connectivity index (χ2v) is 9.49. The molecule has 2 fully saturated rings. The van der Waals surface area contributed by atoms with E-state index in [1.807, 2.05) is 0 Å². The van der Waals surface area contributed by atoms with Crippen LogP contribution in [0.5, 0.6) is 0 Å². The van der Waals surface area contributed by atoms with Crippen molar-refractivity contribution >= 4 is 28.7 Å². The number of benzene rings is 1. The van der Waals surface area contributed by atoms with Crippen LogP contribution >= 0.6 is 11.8 Å². The van der Waals surface area contributed by atoms with E-state index < -0.39 is 67.0 Å². The summed E-state index contributed by atoms with van der Waals surface area (Å²) >= 11 is 0.709. The number of anilines is 1. The van der Waals surface area contributed by atoms with Gasteiger partial charge < -0.3 is 25.4 Å². The van der Waals surface area contributed by atoms with E-state index in [2.05, 4.69) is 25.6 Å². The topological polar surface area (TPSA) is 138 Å². The number of aliphatic hydroxyl groups is 3. The lowest BCUT2D eigenvalue weighted by atomic mass is 10.1. The molecular weight excluding hydrogens is 487 g/mol. The second-order valence-electron chi connectivity index (χ2n) is 8.64. The summed E-state index contributed by atoms with van der Waals surface area (Å²) in [5.74, 6) is -1.28. The standard InChI is InChI=1S/C24H31FN6O4S/c1-3-8-36-24-27-22(26-16-10-14(16)13-5-4-12(2)15(25)9-13)19-23(28-24)31(30-29-19)17-11-18(35-7-6-32)21(34)20(17)33/h4-5,9,14,16-18,20-21,32-34H,3,6-8,10-11H2,1-2H3,(H,26,27,28)/t14-,16?,17+,18-,20-,21+/m0/s1/i4D,5D,6D2,7D2,8D2,9D. The van der Waals surface area contributed by atoms with Crippen LogP contribution in [0.2, 0.25) is 0 Å². The zero-order valence-electron chi connectivity index (χ0n) is 28.4. The molecule has 2 aliphatic carbocycles. The predicted octanol–water partition coefficient (Wildman–Crippen LogP) is 2.18. The summed E-state index contributed by atoms with van der Waals surface area (Å²) in [6.45, 7) is -3.67. The van der Waals surface area contributed by atoms with Gasteiger partial charge in [-0.15, -0.1) is 5.10 Å². The van der Waals surface area contributed by atoms with Crippen molar-refractivity contribution < 1.29 is 36.8 Å². The van der Waals surface area contributed by atoms with Gasteiger partial charge in [-0.05, 0) is 36.9 Å². The maximum absolute atomic E-state index is 14.6. The average Bonchev–Trinajstić information content (AvgIpc) is 3.47. The molecule has 3 aromatic rings. The number of thioether (sulfide) groups is 1. The molecule has 0 spiro atoms. The number of aliphatic hydroxyl groups excluding tert-OH is 2. The van der Waals surface area contributed by atoms with Crippen LogP contribution in [0.15, 0.2) is 23.3 Å². The summed E-state index contributed by atoms with van der Waals surface area (Å²) < 4.78 is 91.8. The Morgan fingerprint density at radius 3 is 2.92 bits per heavy atom. The van der Waals surface area contributed by atoms with Gasteiger partial charge in [-0.2, -0.15) is 0 Å². The summed E-state index contributed by atoms with van der Waals surface area (Å²) in [5, 5.41) is 42.3. The number of nitrogens with zero attached hydrogens (tertiary/aromatic N) is 5. The van der Waals surface area contributed by atoms with E-state index in [1.54, 1.807) is 6.92 Å². The summed E-state index contributed by atoms with van der Waals surface area (Å²) in [6.07, 6.45) is -4.62. The van der Waals surface area contributed by atoms with E-state index in [0.717, 1.165) is 4.68 Å². The number of halogens is 1. The van der Waals surface area contributed by atoms with Gasteiger partial charge in [0.1, 0.15) is 18.0 Å². The molecule has 0 bridgehead atoms. The number of hydrogen-bond donors (Lipinski definition) is 4. The molecule has 194 valence electrons.